The fraction of sp³-hybridized carbons (Fsp3) is 0.320. The van der Waals surface area contributed by atoms with Gasteiger partial charge in [0.25, 0.3) is 12.3 Å². The number of aromatic amines is 1. The Morgan fingerprint density at radius 2 is 1.71 bits per heavy atom. The number of carbonyl (C=O) groups excluding carboxylic acids is 1. The molecule has 0 aliphatic carbocycles. The van der Waals surface area contributed by atoms with Gasteiger partial charge in [0.2, 0.25) is 0 Å². The molecule has 3 aromatic rings. The third-order valence-corrected chi connectivity index (χ3v) is 6.30. The third-order valence-electron chi connectivity index (χ3n) is 6.30. The van der Waals surface area contributed by atoms with Gasteiger partial charge < -0.3 is 10.1 Å². The number of hydrogen-bond acceptors (Lipinski definition) is 4. The molecule has 2 aromatic carbocycles. The molecule has 4 rings (SSSR count). The number of H-pyrrole nitrogens is 1. The molecule has 41 heavy (non-hydrogen) atoms. The van der Waals surface area contributed by atoms with Gasteiger partial charge in [-0.25, -0.2) is 18.0 Å². The van der Waals surface area contributed by atoms with E-state index in [0.717, 1.165) is 36.7 Å². The minimum absolute atomic E-state index is 0.146. The van der Waals surface area contributed by atoms with Crippen LogP contribution in [-0.2, 0) is 10.3 Å². The molecule has 7 nitrogen and oxygen atoms in total. The van der Waals surface area contributed by atoms with Crippen LogP contribution in [0.4, 0.5) is 39.5 Å². The van der Waals surface area contributed by atoms with Crippen LogP contribution in [0.1, 0.15) is 42.4 Å². The van der Waals surface area contributed by atoms with E-state index in [9.17, 15) is 44.7 Å². The Balaban J connectivity index is 1.80. The molecule has 0 bridgehead atoms. The topological polar surface area (TPSA) is 89.0 Å². The number of aromatic nitrogens is 3. The molecule has 1 atom stereocenters. The van der Waals surface area contributed by atoms with Crippen LogP contribution in [0.5, 0.6) is 5.75 Å². The summed E-state index contributed by atoms with van der Waals surface area (Å²) in [5, 5.41) is 5.39. The van der Waals surface area contributed by atoms with Crippen molar-refractivity contribution in [1.29, 1.82) is 0 Å². The van der Waals surface area contributed by atoms with Gasteiger partial charge in [-0.3, -0.25) is 9.78 Å². The molecule has 0 saturated heterocycles. The second kappa shape index (κ2) is 11.0. The fourth-order valence-corrected chi connectivity index (χ4v) is 4.37. The molecule has 0 unspecified atom stereocenters. The standard InChI is InChI=1S/C25H19F9N4O3/c26-18-10-15(41-9-1-8-24(29,30)31)6-7-17(18)23(25(32,33)34)11-16(13-2-4-14(5-3-13)20(27)28)19(21(39)37-23)38-22(40)35-12-36-38/h2-7,10,12,20H,1,8-9,11H2,(H,37,39)(H,35,36,40)/t23-/m0/s1. The number of halogens is 9. The number of carbonyl (C=O) groups is 1. The summed E-state index contributed by atoms with van der Waals surface area (Å²) in [6.07, 6.45) is -14.7. The summed E-state index contributed by atoms with van der Waals surface area (Å²) in [5.41, 5.74) is -7.17. The van der Waals surface area contributed by atoms with E-state index in [1.54, 1.807) is 5.32 Å². The Morgan fingerprint density at radius 1 is 1.02 bits per heavy atom. The summed E-state index contributed by atoms with van der Waals surface area (Å²) in [6.45, 7) is -0.497. The third kappa shape index (κ3) is 6.10. The van der Waals surface area contributed by atoms with Crippen molar-refractivity contribution in [3.63, 3.8) is 0 Å². The monoisotopic (exact) mass is 594 g/mol. The van der Waals surface area contributed by atoms with Gasteiger partial charge in [0, 0.05) is 30.0 Å². The molecule has 1 amide bonds. The Labute approximate surface area is 224 Å². The quantitative estimate of drug-likeness (QED) is 0.258. The minimum atomic E-state index is -5.35. The predicted octanol–water partition coefficient (Wildman–Crippen LogP) is 5.72. The number of nitrogens with zero attached hydrogens (tertiary/aromatic N) is 2. The van der Waals surface area contributed by atoms with Crippen molar-refractivity contribution >= 4 is 17.2 Å². The molecule has 16 heteroatoms. The highest BCUT2D eigenvalue weighted by atomic mass is 19.4. The molecular weight excluding hydrogens is 575 g/mol. The molecular formula is C25H19F9N4O3. The summed E-state index contributed by atoms with van der Waals surface area (Å²) >= 11 is 0. The number of alkyl halides is 8. The molecule has 0 fully saturated rings. The summed E-state index contributed by atoms with van der Waals surface area (Å²) in [5.74, 6) is -3.32. The molecule has 0 saturated carbocycles. The second-order valence-electron chi connectivity index (χ2n) is 9.00. The van der Waals surface area contributed by atoms with Crippen LogP contribution in [0.3, 0.4) is 0 Å². The van der Waals surface area contributed by atoms with E-state index in [0.29, 0.717) is 16.8 Å². The molecule has 220 valence electrons. The number of nitrogens with one attached hydrogen (secondary N) is 2. The average molecular weight is 594 g/mol. The maximum absolute atomic E-state index is 15.3. The first-order chi connectivity index (χ1) is 19.1. The molecule has 1 aromatic heterocycles. The van der Waals surface area contributed by atoms with Crippen molar-refractivity contribution < 1.29 is 49.0 Å². The van der Waals surface area contributed by atoms with Crippen molar-refractivity contribution in [2.45, 2.75) is 43.6 Å². The second-order valence-corrected chi connectivity index (χ2v) is 9.00. The van der Waals surface area contributed by atoms with E-state index in [2.05, 4.69) is 10.1 Å². The summed E-state index contributed by atoms with van der Waals surface area (Å²) in [4.78, 5) is 27.6. The zero-order valence-corrected chi connectivity index (χ0v) is 20.5. The van der Waals surface area contributed by atoms with Gasteiger partial charge >= 0.3 is 18.0 Å². The van der Waals surface area contributed by atoms with Crippen molar-refractivity contribution in [3.05, 3.63) is 81.8 Å². The first kappa shape index (κ1) is 29.7. The largest absolute Gasteiger partial charge is 0.493 e. The van der Waals surface area contributed by atoms with Crippen molar-refractivity contribution in [1.82, 2.24) is 20.1 Å². The number of ether oxygens (including phenoxy) is 1. The van der Waals surface area contributed by atoms with Crippen LogP contribution in [0, 0.1) is 5.82 Å². The fourth-order valence-electron chi connectivity index (χ4n) is 4.37. The Kier molecular flexibility index (Phi) is 7.96. The maximum Gasteiger partial charge on any atom is 0.416 e. The van der Waals surface area contributed by atoms with Crippen LogP contribution in [0.2, 0.25) is 0 Å². The van der Waals surface area contributed by atoms with Gasteiger partial charge in [0.05, 0.1) is 6.61 Å². The smallest absolute Gasteiger partial charge is 0.416 e. The first-order valence-corrected chi connectivity index (χ1v) is 11.8. The summed E-state index contributed by atoms with van der Waals surface area (Å²) < 4.78 is 128. The Hall–Kier alpha value is -4.24. The number of rotatable bonds is 8. The molecule has 1 aliphatic heterocycles. The van der Waals surface area contributed by atoms with Crippen molar-refractivity contribution in [2.75, 3.05) is 6.61 Å². The van der Waals surface area contributed by atoms with Gasteiger partial charge in [-0.1, -0.05) is 24.3 Å². The van der Waals surface area contributed by atoms with Gasteiger partial charge in [0.15, 0.2) is 5.54 Å². The maximum atomic E-state index is 15.3. The van der Waals surface area contributed by atoms with Crippen LogP contribution >= 0.6 is 0 Å². The minimum Gasteiger partial charge on any atom is -0.493 e. The zero-order valence-electron chi connectivity index (χ0n) is 20.5. The lowest BCUT2D eigenvalue weighted by Gasteiger charge is -2.41. The van der Waals surface area contributed by atoms with Crippen molar-refractivity contribution in [2.24, 2.45) is 0 Å². The Bertz CT molecular complexity index is 1510. The molecule has 1 aliphatic rings. The van der Waals surface area contributed by atoms with E-state index in [1.165, 1.54) is 0 Å². The van der Waals surface area contributed by atoms with E-state index in [4.69, 9.17) is 4.74 Å². The highest BCUT2D eigenvalue weighted by Crippen LogP contribution is 2.50. The van der Waals surface area contributed by atoms with Gasteiger partial charge in [0.1, 0.15) is 23.6 Å². The van der Waals surface area contributed by atoms with Gasteiger partial charge in [-0.05, 0) is 29.7 Å². The van der Waals surface area contributed by atoms with E-state index >= 15 is 4.39 Å². The van der Waals surface area contributed by atoms with Crippen LogP contribution < -0.4 is 15.7 Å². The lowest BCUT2D eigenvalue weighted by atomic mass is 9.77. The summed E-state index contributed by atoms with van der Waals surface area (Å²) in [6, 6.07) is 6.02. The number of amides is 1. The summed E-state index contributed by atoms with van der Waals surface area (Å²) in [7, 11) is 0. The zero-order chi connectivity index (χ0) is 30.2. The van der Waals surface area contributed by atoms with Crippen LogP contribution in [0.25, 0.3) is 11.3 Å². The molecule has 0 spiro atoms. The van der Waals surface area contributed by atoms with E-state index < -0.39 is 90.0 Å². The van der Waals surface area contributed by atoms with Gasteiger partial charge in [-0.15, -0.1) is 0 Å². The average Bonchev–Trinajstić information content (AvgIpc) is 3.30. The molecule has 2 heterocycles. The molecule has 0 radical (unpaired) electrons. The molecule has 2 N–H and O–H groups in total. The number of benzene rings is 2. The van der Waals surface area contributed by atoms with Crippen LogP contribution in [0.15, 0.2) is 53.6 Å². The van der Waals surface area contributed by atoms with Crippen LogP contribution in [-0.4, -0.2) is 39.6 Å². The van der Waals surface area contributed by atoms with Gasteiger partial charge in [-0.2, -0.15) is 36.1 Å². The normalized spacial score (nSPS) is 18.1. The lowest BCUT2D eigenvalue weighted by molar-refractivity contribution is -0.202. The van der Waals surface area contributed by atoms with Crippen molar-refractivity contribution in [3.8, 4) is 5.75 Å². The number of hydrogen-bond donors (Lipinski definition) is 2. The predicted molar refractivity (Wildman–Crippen MR) is 125 cm³/mol. The highest BCUT2D eigenvalue weighted by molar-refractivity contribution is 6.23. The first-order valence-electron chi connectivity index (χ1n) is 11.8. The van der Waals surface area contributed by atoms with E-state index in [1.807, 2.05) is 0 Å². The lowest BCUT2D eigenvalue weighted by Crippen LogP contribution is -2.59. The highest BCUT2D eigenvalue weighted by Gasteiger charge is 2.61. The SMILES string of the molecule is O=C1N[C@@](c2ccc(OCCCC(F)(F)F)cc2F)(C(F)(F)F)CC(c2ccc(C(F)F)cc2)=C1n1nc[nH]c1=O. The van der Waals surface area contributed by atoms with E-state index in [-0.39, 0.29) is 11.3 Å². The Morgan fingerprint density at radius 3 is 2.24 bits per heavy atom.